The van der Waals surface area contributed by atoms with Crippen LogP contribution in [0.3, 0.4) is 0 Å². The van der Waals surface area contributed by atoms with Gasteiger partial charge in [-0.1, -0.05) is 30.3 Å². The number of benzene rings is 2. The third kappa shape index (κ3) is 6.31. The summed E-state index contributed by atoms with van der Waals surface area (Å²) in [7, 11) is 0. The lowest BCUT2D eigenvalue weighted by Crippen LogP contribution is -2.45. The zero-order valence-corrected chi connectivity index (χ0v) is 21.2. The van der Waals surface area contributed by atoms with E-state index in [1.54, 1.807) is 29.3 Å². The van der Waals surface area contributed by atoms with E-state index in [9.17, 15) is 9.59 Å². The molecule has 2 aromatic carbocycles. The van der Waals surface area contributed by atoms with E-state index in [2.05, 4.69) is 10.3 Å². The predicted octanol–water partition coefficient (Wildman–Crippen LogP) is 4.45. The van der Waals surface area contributed by atoms with Gasteiger partial charge in [-0.05, 0) is 51.5 Å². The SMILES string of the molecule is CCOc1cccc(C(=O)N2C[C@H](OC(C)(C)C)C[C@H]2C(=O)NCc2ccc(-c3cnco3)cc2)c1. The first-order chi connectivity index (χ1) is 17.2. The molecule has 0 unspecified atom stereocenters. The molecule has 1 aliphatic rings. The highest BCUT2D eigenvalue weighted by molar-refractivity contribution is 5.98. The average Bonchev–Trinajstić information content (AvgIpc) is 3.52. The summed E-state index contributed by atoms with van der Waals surface area (Å²) < 4.78 is 17.0. The smallest absolute Gasteiger partial charge is 0.254 e. The van der Waals surface area contributed by atoms with E-state index in [0.29, 0.717) is 43.2 Å². The molecule has 190 valence electrons. The Morgan fingerprint density at radius 1 is 1.17 bits per heavy atom. The Kier molecular flexibility index (Phi) is 7.74. The summed E-state index contributed by atoms with van der Waals surface area (Å²) in [5.74, 6) is 0.889. The zero-order chi connectivity index (χ0) is 25.7. The normalized spacial score (nSPS) is 17.7. The minimum Gasteiger partial charge on any atom is -0.494 e. The molecule has 2 amide bonds. The van der Waals surface area contributed by atoms with Crippen molar-refractivity contribution in [2.45, 2.75) is 58.4 Å². The highest BCUT2D eigenvalue weighted by Gasteiger charge is 2.41. The van der Waals surface area contributed by atoms with Crippen LogP contribution in [0.25, 0.3) is 11.3 Å². The van der Waals surface area contributed by atoms with E-state index < -0.39 is 6.04 Å². The molecule has 8 nitrogen and oxygen atoms in total. The molecule has 2 atom stereocenters. The Labute approximate surface area is 211 Å². The molecule has 0 bridgehead atoms. The summed E-state index contributed by atoms with van der Waals surface area (Å²) in [6, 6.07) is 14.1. The first-order valence-corrected chi connectivity index (χ1v) is 12.2. The summed E-state index contributed by atoms with van der Waals surface area (Å²) in [4.78, 5) is 32.3. The summed E-state index contributed by atoms with van der Waals surface area (Å²) in [5, 5.41) is 3.00. The monoisotopic (exact) mass is 491 g/mol. The van der Waals surface area contributed by atoms with E-state index in [0.717, 1.165) is 11.1 Å². The van der Waals surface area contributed by atoms with Crippen molar-refractivity contribution in [2.24, 2.45) is 0 Å². The number of oxazole rings is 1. The molecule has 4 rings (SSSR count). The van der Waals surface area contributed by atoms with Gasteiger partial charge < -0.3 is 24.1 Å². The molecule has 0 radical (unpaired) electrons. The number of hydrogen-bond donors (Lipinski definition) is 1. The molecule has 3 aromatic rings. The highest BCUT2D eigenvalue weighted by atomic mass is 16.5. The molecule has 1 N–H and O–H groups in total. The maximum absolute atomic E-state index is 13.5. The van der Waals surface area contributed by atoms with Crippen molar-refractivity contribution in [3.63, 3.8) is 0 Å². The zero-order valence-electron chi connectivity index (χ0n) is 21.2. The van der Waals surface area contributed by atoms with Gasteiger partial charge in [-0.15, -0.1) is 0 Å². The van der Waals surface area contributed by atoms with Crippen molar-refractivity contribution < 1.29 is 23.5 Å². The predicted molar refractivity (Wildman–Crippen MR) is 135 cm³/mol. The maximum Gasteiger partial charge on any atom is 0.254 e. The second kappa shape index (κ2) is 11.0. The Hall–Kier alpha value is -3.65. The largest absolute Gasteiger partial charge is 0.494 e. The standard InChI is InChI=1S/C28H33N3O5/c1-5-34-22-8-6-7-21(13-22)27(33)31-17-23(36-28(2,3)4)14-24(31)26(32)30-15-19-9-11-20(12-10-19)25-16-29-18-35-25/h6-13,16,18,23-24H,5,14-15,17H2,1-4H3,(H,30,32)/t23-,24+/m1/s1. The molecule has 36 heavy (non-hydrogen) atoms. The van der Waals surface area contributed by atoms with E-state index >= 15 is 0 Å². The van der Waals surface area contributed by atoms with Gasteiger partial charge in [0.05, 0.1) is 24.5 Å². The summed E-state index contributed by atoms with van der Waals surface area (Å²) in [5.41, 5.74) is 1.95. The van der Waals surface area contributed by atoms with Crippen LogP contribution in [-0.2, 0) is 16.1 Å². The molecule has 1 fully saturated rings. The number of rotatable bonds is 8. The molecular formula is C28H33N3O5. The van der Waals surface area contributed by atoms with Gasteiger partial charge in [0.25, 0.3) is 5.91 Å². The van der Waals surface area contributed by atoms with E-state index in [1.165, 1.54) is 6.39 Å². The van der Waals surface area contributed by atoms with Crippen molar-refractivity contribution in [2.75, 3.05) is 13.2 Å². The average molecular weight is 492 g/mol. The Morgan fingerprint density at radius 3 is 2.61 bits per heavy atom. The third-order valence-corrected chi connectivity index (χ3v) is 5.88. The second-order valence-electron chi connectivity index (χ2n) is 9.80. The maximum atomic E-state index is 13.5. The number of carbonyl (C=O) groups excluding carboxylic acids is 2. The first-order valence-electron chi connectivity index (χ1n) is 12.2. The second-order valence-corrected chi connectivity index (χ2v) is 9.80. The molecule has 8 heteroatoms. The van der Waals surface area contributed by atoms with E-state index in [-0.39, 0.29) is 23.5 Å². The van der Waals surface area contributed by atoms with Crippen molar-refractivity contribution in [1.29, 1.82) is 0 Å². The van der Waals surface area contributed by atoms with Gasteiger partial charge in [-0.3, -0.25) is 9.59 Å². The molecular weight excluding hydrogens is 458 g/mol. The van der Waals surface area contributed by atoms with Crippen LogP contribution in [0.4, 0.5) is 0 Å². The lowest BCUT2D eigenvalue weighted by molar-refractivity contribution is -0.125. The van der Waals surface area contributed by atoms with Crippen LogP contribution < -0.4 is 10.1 Å². The first kappa shape index (κ1) is 25.4. The number of amides is 2. The lowest BCUT2D eigenvalue weighted by Gasteiger charge is -2.25. The summed E-state index contributed by atoms with van der Waals surface area (Å²) in [6.07, 6.45) is 3.25. The fraction of sp³-hybridized carbons (Fsp3) is 0.393. The number of ether oxygens (including phenoxy) is 2. The summed E-state index contributed by atoms with van der Waals surface area (Å²) in [6.45, 7) is 9.01. The quantitative estimate of drug-likeness (QED) is 0.500. The van der Waals surface area contributed by atoms with Crippen LogP contribution in [0.15, 0.2) is 65.5 Å². The fourth-order valence-electron chi connectivity index (χ4n) is 4.36. The van der Waals surface area contributed by atoms with Gasteiger partial charge in [-0.25, -0.2) is 4.98 Å². The van der Waals surface area contributed by atoms with Gasteiger partial charge in [-0.2, -0.15) is 0 Å². The molecule has 1 aliphatic heterocycles. The fourth-order valence-corrected chi connectivity index (χ4v) is 4.36. The van der Waals surface area contributed by atoms with Crippen LogP contribution in [-0.4, -0.2) is 52.6 Å². The molecule has 0 spiro atoms. The van der Waals surface area contributed by atoms with Gasteiger partial charge >= 0.3 is 0 Å². The molecule has 0 aliphatic carbocycles. The van der Waals surface area contributed by atoms with Crippen LogP contribution in [0.5, 0.6) is 5.75 Å². The number of aromatic nitrogens is 1. The minimum atomic E-state index is -0.630. The number of carbonyl (C=O) groups is 2. The summed E-state index contributed by atoms with van der Waals surface area (Å²) >= 11 is 0. The lowest BCUT2D eigenvalue weighted by atomic mass is 10.1. The van der Waals surface area contributed by atoms with Crippen molar-refractivity contribution in [3.8, 4) is 17.1 Å². The van der Waals surface area contributed by atoms with E-state index in [1.807, 2.05) is 58.0 Å². The van der Waals surface area contributed by atoms with Crippen LogP contribution in [0.2, 0.25) is 0 Å². The van der Waals surface area contributed by atoms with Crippen molar-refractivity contribution >= 4 is 11.8 Å². The Morgan fingerprint density at radius 2 is 1.94 bits per heavy atom. The molecule has 1 saturated heterocycles. The van der Waals surface area contributed by atoms with Gasteiger partial charge in [0, 0.05) is 30.6 Å². The Balaban J connectivity index is 1.46. The van der Waals surface area contributed by atoms with E-state index in [4.69, 9.17) is 13.9 Å². The molecule has 0 saturated carbocycles. The number of likely N-dealkylation sites (tertiary alicyclic amines) is 1. The number of nitrogens with one attached hydrogen (secondary N) is 1. The molecule has 1 aromatic heterocycles. The van der Waals surface area contributed by atoms with Crippen molar-refractivity contribution in [1.82, 2.24) is 15.2 Å². The molecule has 2 heterocycles. The third-order valence-electron chi connectivity index (χ3n) is 5.88. The topological polar surface area (TPSA) is 93.9 Å². The van der Waals surface area contributed by atoms with Gasteiger partial charge in [0.2, 0.25) is 5.91 Å². The van der Waals surface area contributed by atoms with Crippen LogP contribution >= 0.6 is 0 Å². The van der Waals surface area contributed by atoms with Crippen molar-refractivity contribution in [3.05, 3.63) is 72.2 Å². The number of hydrogen-bond acceptors (Lipinski definition) is 6. The van der Waals surface area contributed by atoms with Crippen LogP contribution in [0.1, 0.15) is 50.0 Å². The van der Waals surface area contributed by atoms with Crippen LogP contribution in [0, 0.1) is 0 Å². The van der Waals surface area contributed by atoms with Gasteiger partial charge in [0.15, 0.2) is 12.2 Å². The van der Waals surface area contributed by atoms with Gasteiger partial charge in [0.1, 0.15) is 11.8 Å². The highest BCUT2D eigenvalue weighted by Crippen LogP contribution is 2.27. The number of nitrogens with zero attached hydrogens (tertiary/aromatic N) is 2. The Bertz CT molecular complexity index is 1170. The minimum absolute atomic E-state index is 0.205.